The lowest BCUT2D eigenvalue weighted by atomic mass is 10.0. The molecule has 3 atom stereocenters. The number of fused-ring (bicyclic) bond motifs is 1. The van der Waals surface area contributed by atoms with E-state index in [2.05, 4.69) is 26.0 Å². The van der Waals surface area contributed by atoms with E-state index >= 15 is 0 Å². The first-order valence-corrected chi connectivity index (χ1v) is 5.61. The number of carbonyl (C=O) groups is 1. The molecule has 1 aliphatic heterocycles. The molecule has 12 heavy (non-hydrogen) atoms. The molecule has 0 N–H and O–H groups in total. The predicted octanol–water partition coefficient (Wildman–Crippen LogP) is 2.17. The Bertz CT molecular complexity index is 207. The maximum atomic E-state index is 11.2. The van der Waals surface area contributed by atoms with Crippen molar-refractivity contribution in [3.8, 4) is 0 Å². The van der Waals surface area contributed by atoms with Gasteiger partial charge in [0.2, 0.25) is 0 Å². The van der Waals surface area contributed by atoms with Crippen molar-refractivity contribution in [1.29, 1.82) is 0 Å². The normalized spacial score (nSPS) is 41.7. The Balaban J connectivity index is 2.10. The van der Waals surface area contributed by atoms with Crippen LogP contribution in [-0.4, -0.2) is 21.0 Å². The Kier molecular flexibility index (Phi) is 2.42. The van der Waals surface area contributed by atoms with Crippen LogP contribution in [0.1, 0.15) is 32.6 Å². The molecular weight excluding hydrogens is 265 g/mol. The number of hydrogen-bond acceptors (Lipinski definition) is 2. The van der Waals surface area contributed by atoms with Gasteiger partial charge in [0.25, 0.3) is 0 Å². The molecule has 0 spiro atoms. The summed E-state index contributed by atoms with van der Waals surface area (Å²) in [5.41, 5.74) is 0. The Hall–Kier alpha value is 0.360. The molecule has 2 rings (SSSR count). The molecule has 1 saturated carbocycles. The van der Waals surface area contributed by atoms with Crippen LogP contribution in [0.15, 0.2) is 0 Å². The second-order valence-corrected chi connectivity index (χ2v) is 5.08. The number of halogens is 1. The van der Waals surface area contributed by atoms with Crippen LogP contribution in [0, 0.1) is 5.92 Å². The van der Waals surface area contributed by atoms with Crippen molar-refractivity contribution >= 4 is 28.6 Å². The van der Waals surface area contributed by atoms with Gasteiger partial charge in [-0.05, 0) is 32.1 Å². The molecule has 0 unspecified atom stereocenters. The Labute approximate surface area is 87.2 Å². The third kappa shape index (κ3) is 1.31. The lowest BCUT2D eigenvalue weighted by molar-refractivity contribution is -0.119. The van der Waals surface area contributed by atoms with E-state index in [1.807, 2.05) is 0 Å². The van der Waals surface area contributed by atoms with E-state index in [0.717, 1.165) is 12.3 Å². The van der Waals surface area contributed by atoms with Crippen LogP contribution < -0.4 is 0 Å². The highest BCUT2D eigenvalue weighted by molar-refractivity contribution is 14.1. The molecule has 2 nitrogen and oxygen atoms in total. The maximum Gasteiger partial charge on any atom is 0.147 e. The van der Waals surface area contributed by atoms with Crippen molar-refractivity contribution in [2.45, 2.75) is 44.7 Å². The van der Waals surface area contributed by atoms with Gasteiger partial charge in [-0.2, -0.15) is 0 Å². The van der Waals surface area contributed by atoms with Crippen LogP contribution in [0.25, 0.3) is 0 Å². The summed E-state index contributed by atoms with van der Waals surface area (Å²) in [5, 5.41) is 0. The van der Waals surface area contributed by atoms with Gasteiger partial charge in [-0.25, -0.2) is 3.11 Å². The Morgan fingerprint density at radius 2 is 2.25 bits per heavy atom. The average Bonchev–Trinajstić information content (AvgIpc) is 2.53. The van der Waals surface area contributed by atoms with Crippen LogP contribution in [0.2, 0.25) is 0 Å². The third-order valence-electron chi connectivity index (χ3n) is 3.23. The molecule has 68 valence electrons. The summed E-state index contributed by atoms with van der Waals surface area (Å²) in [7, 11) is 0. The quantitative estimate of drug-likeness (QED) is 0.541. The molecule has 0 amide bonds. The minimum atomic E-state index is 0.223. The minimum Gasteiger partial charge on any atom is -0.298 e. The third-order valence-corrected chi connectivity index (χ3v) is 4.62. The second kappa shape index (κ2) is 3.25. The summed E-state index contributed by atoms with van der Waals surface area (Å²) in [5.74, 6) is 1.16. The average molecular weight is 279 g/mol. The van der Waals surface area contributed by atoms with Gasteiger partial charge in [-0.3, -0.25) is 4.79 Å². The molecular formula is C9H14INO. The van der Waals surface area contributed by atoms with E-state index in [0.29, 0.717) is 11.8 Å². The first-order chi connectivity index (χ1) is 5.70. The van der Waals surface area contributed by atoms with Crippen molar-refractivity contribution < 1.29 is 4.79 Å². The van der Waals surface area contributed by atoms with Crippen LogP contribution >= 0.6 is 22.9 Å². The Morgan fingerprint density at radius 1 is 1.50 bits per heavy atom. The highest BCUT2D eigenvalue weighted by Crippen LogP contribution is 2.43. The lowest BCUT2D eigenvalue weighted by Crippen LogP contribution is -2.31. The number of rotatable bonds is 1. The van der Waals surface area contributed by atoms with Gasteiger partial charge >= 0.3 is 0 Å². The van der Waals surface area contributed by atoms with Gasteiger partial charge in [0.15, 0.2) is 0 Å². The zero-order valence-electron chi connectivity index (χ0n) is 7.29. The number of ketones is 1. The molecule has 0 bridgehead atoms. The van der Waals surface area contributed by atoms with Gasteiger partial charge in [0, 0.05) is 28.9 Å². The summed E-state index contributed by atoms with van der Waals surface area (Å²) in [4.78, 5) is 11.2. The van der Waals surface area contributed by atoms with E-state index in [9.17, 15) is 4.79 Å². The van der Waals surface area contributed by atoms with Gasteiger partial charge in [-0.15, -0.1) is 0 Å². The van der Waals surface area contributed by atoms with Gasteiger partial charge in [-0.1, -0.05) is 6.42 Å². The summed E-state index contributed by atoms with van der Waals surface area (Å²) < 4.78 is 2.28. The van der Waals surface area contributed by atoms with Crippen molar-refractivity contribution in [2.75, 3.05) is 0 Å². The van der Waals surface area contributed by atoms with E-state index in [4.69, 9.17) is 0 Å². The van der Waals surface area contributed by atoms with E-state index in [-0.39, 0.29) is 6.04 Å². The Morgan fingerprint density at radius 3 is 2.83 bits per heavy atom. The standard InChI is InChI=1S/C9H14INO/c1-6(12)9-5-7-3-2-4-8(7)11(9)10/h7-9H,2-5H2,1H3/t7-,8-,9+/m1/s1. The fourth-order valence-corrected chi connectivity index (χ4v) is 3.93. The summed E-state index contributed by atoms with van der Waals surface area (Å²) in [6, 6.07) is 0.931. The smallest absolute Gasteiger partial charge is 0.147 e. The predicted molar refractivity (Wildman–Crippen MR) is 56.1 cm³/mol. The first-order valence-electron chi connectivity index (χ1n) is 4.64. The molecule has 2 fully saturated rings. The number of carbonyl (C=O) groups excluding carboxylic acids is 1. The molecule has 0 aromatic carbocycles. The molecule has 0 aromatic rings. The monoisotopic (exact) mass is 279 g/mol. The van der Waals surface area contributed by atoms with E-state index in [1.165, 1.54) is 19.3 Å². The van der Waals surface area contributed by atoms with Gasteiger partial charge < -0.3 is 0 Å². The van der Waals surface area contributed by atoms with E-state index in [1.54, 1.807) is 6.92 Å². The molecule has 1 aliphatic carbocycles. The van der Waals surface area contributed by atoms with Crippen molar-refractivity contribution in [1.82, 2.24) is 3.11 Å². The zero-order chi connectivity index (χ0) is 8.72. The minimum absolute atomic E-state index is 0.223. The molecule has 3 heteroatoms. The first kappa shape index (κ1) is 8.94. The highest BCUT2D eigenvalue weighted by Gasteiger charge is 2.44. The summed E-state index contributed by atoms with van der Waals surface area (Å²) in [6.45, 7) is 1.72. The SMILES string of the molecule is CC(=O)[C@@H]1C[C@H]2CCC[C@H]2N1I. The zero-order valence-corrected chi connectivity index (χ0v) is 9.45. The number of Topliss-reactive ketones (excluding diaryl/α,β-unsaturated/α-hetero) is 1. The number of hydrogen-bond donors (Lipinski definition) is 0. The van der Waals surface area contributed by atoms with Crippen molar-refractivity contribution in [3.63, 3.8) is 0 Å². The summed E-state index contributed by atoms with van der Waals surface area (Å²) in [6.07, 6.45) is 5.12. The largest absolute Gasteiger partial charge is 0.298 e. The van der Waals surface area contributed by atoms with Crippen molar-refractivity contribution in [3.05, 3.63) is 0 Å². The lowest BCUT2D eigenvalue weighted by Gasteiger charge is -2.19. The van der Waals surface area contributed by atoms with Gasteiger partial charge in [0.1, 0.15) is 5.78 Å². The topological polar surface area (TPSA) is 20.3 Å². The van der Waals surface area contributed by atoms with Crippen LogP contribution in [0.3, 0.4) is 0 Å². The van der Waals surface area contributed by atoms with Crippen LogP contribution in [0.5, 0.6) is 0 Å². The highest BCUT2D eigenvalue weighted by atomic mass is 127. The molecule has 1 saturated heterocycles. The molecule has 0 radical (unpaired) electrons. The molecule has 1 heterocycles. The summed E-state index contributed by atoms with van der Waals surface area (Å²) >= 11 is 2.34. The van der Waals surface area contributed by atoms with Gasteiger partial charge in [0.05, 0.1) is 6.04 Å². The second-order valence-electron chi connectivity index (χ2n) is 3.96. The van der Waals surface area contributed by atoms with Crippen LogP contribution in [0.4, 0.5) is 0 Å². The maximum absolute atomic E-state index is 11.2. The fraction of sp³-hybridized carbons (Fsp3) is 0.889. The van der Waals surface area contributed by atoms with E-state index < -0.39 is 0 Å². The molecule has 0 aromatic heterocycles. The molecule has 2 aliphatic rings. The van der Waals surface area contributed by atoms with Crippen LogP contribution in [-0.2, 0) is 4.79 Å². The van der Waals surface area contributed by atoms with Crippen molar-refractivity contribution in [2.24, 2.45) is 5.92 Å². The fourth-order valence-electron chi connectivity index (χ4n) is 2.58. The number of nitrogens with zero attached hydrogens (tertiary/aromatic N) is 1.